The molecule has 29 heavy (non-hydrogen) atoms. The molecular weight excluding hydrogens is 416 g/mol. The van der Waals surface area contributed by atoms with E-state index < -0.39 is 22.0 Å². The monoisotopic (exact) mass is 440 g/mol. The van der Waals surface area contributed by atoms with Gasteiger partial charge in [0.2, 0.25) is 15.0 Å². The van der Waals surface area contributed by atoms with Crippen LogP contribution < -0.4 is 0 Å². The highest BCUT2D eigenvalue weighted by atomic mass is 32.2. The fraction of sp³-hybridized carbons (Fsp3) is 0.421. The van der Waals surface area contributed by atoms with E-state index in [0.29, 0.717) is 24.3 Å². The van der Waals surface area contributed by atoms with Gasteiger partial charge in [-0.15, -0.1) is 11.3 Å². The van der Waals surface area contributed by atoms with Crippen LogP contribution in [0.15, 0.2) is 28.5 Å². The number of hydrogen-bond donors (Lipinski definition) is 0. The number of hydrogen-bond acceptors (Lipinski definition) is 8. The number of benzene rings is 1. The van der Waals surface area contributed by atoms with Crippen LogP contribution in [0, 0.1) is 6.92 Å². The van der Waals surface area contributed by atoms with Crippen LogP contribution in [0.2, 0.25) is 0 Å². The minimum absolute atomic E-state index is 0.0389. The Morgan fingerprint density at radius 3 is 2.41 bits per heavy atom. The average Bonchev–Trinajstić information content (AvgIpc) is 3.16. The molecule has 2 rings (SSSR count). The predicted molar refractivity (Wildman–Crippen MR) is 108 cm³/mol. The van der Waals surface area contributed by atoms with Crippen LogP contribution in [-0.2, 0) is 26.1 Å². The second-order valence-electron chi connectivity index (χ2n) is 6.01. The quantitative estimate of drug-likeness (QED) is 0.552. The highest BCUT2D eigenvalue weighted by molar-refractivity contribution is 7.89. The Morgan fingerprint density at radius 2 is 1.79 bits per heavy atom. The number of nitrogens with zero attached hydrogens (tertiary/aromatic N) is 2. The summed E-state index contributed by atoms with van der Waals surface area (Å²) in [6, 6.07) is 4.39. The normalized spacial score (nSPS) is 11.5. The molecule has 0 N–H and O–H groups in total. The predicted octanol–water partition coefficient (Wildman–Crippen LogP) is 3.02. The van der Waals surface area contributed by atoms with E-state index in [4.69, 9.17) is 9.47 Å². The molecule has 2 aromatic rings. The molecule has 0 spiro atoms. The van der Waals surface area contributed by atoms with E-state index in [-0.39, 0.29) is 28.7 Å². The maximum absolute atomic E-state index is 12.7. The summed E-state index contributed by atoms with van der Waals surface area (Å²) in [5.74, 6) is -1.19. The zero-order chi connectivity index (χ0) is 21.6. The van der Waals surface area contributed by atoms with E-state index >= 15 is 0 Å². The molecular formula is C19H24N2O6S2. The first-order chi connectivity index (χ1) is 13.7. The maximum atomic E-state index is 12.7. The number of thiazole rings is 1. The molecule has 10 heteroatoms. The van der Waals surface area contributed by atoms with Crippen LogP contribution >= 0.6 is 11.3 Å². The largest absolute Gasteiger partial charge is 0.461 e. The first-order valence-electron chi connectivity index (χ1n) is 9.13. The van der Waals surface area contributed by atoms with Gasteiger partial charge in [-0.05, 0) is 31.5 Å². The zero-order valence-corrected chi connectivity index (χ0v) is 18.4. The van der Waals surface area contributed by atoms with Gasteiger partial charge < -0.3 is 9.47 Å². The standard InChI is InChI=1S/C19H24N2O6S2/c1-5-21(6-2)29(24,25)15-9-8-13(4)16(10-15)18(22)27-11-14-12-28-17(20-14)19(23)26-7-3/h8-10,12H,5-7,11H2,1-4H3. The van der Waals surface area contributed by atoms with E-state index in [0.717, 1.165) is 11.3 Å². The Kier molecular flexibility index (Phi) is 7.88. The summed E-state index contributed by atoms with van der Waals surface area (Å²) in [5.41, 5.74) is 1.18. The molecule has 0 bridgehead atoms. The van der Waals surface area contributed by atoms with Crippen molar-refractivity contribution in [3.05, 3.63) is 45.4 Å². The molecule has 1 aromatic carbocycles. The van der Waals surface area contributed by atoms with Crippen LogP contribution in [0.4, 0.5) is 0 Å². The number of rotatable bonds is 9. The van der Waals surface area contributed by atoms with Gasteiger partial charge in [-0.1, -0.05) is 19.9 Å². The Hall–Kier alpha value is -2.30. The molecule has 0 unspecified atom stereocenters. The van der Waals surface area contributed by atoms with E-state index in [1.54, 1.807) is 39.1 Å². The fourth-order valence-electron chi connectivity index (χ4n) is 2.57. The Morgan fingerprint density at radius 1 is 1.10 bits per heavy atom. The molecule has 1 heterocycles. The zero-order valence-electron chi connectivity index (χ0n) is 16.8. The lowest BCUT2D eigenvalue weighted by Gasteiger charge is -2.19. The van der Waals surface area contributed by atoms with Crippen molar-refractivity contribution in [1.82, 2.24) is 9.29 Å². The SMILES string of the molecule is CCOC(=O)c1nc(COC(=O)c2cc(S(=O)(=O)N(CC)CC)ccc2C)cs1. The number of aromatic nitrogens is 1. The van der Waals surface area contributed by atoms with Crippen molar-refractivity contribution in [2.45, 2.75) is 39.2 Å². The Balaban J connectivity index is 2.16. The van der Waals surface area contributed by atoms with Gasteiger partial charge in [0.25, 0.3) is 0 Å². The van der Waals surface area contributed by atoms with Crippen LogP contribution in [0.1, 0.15) is 52.2 Å². The summed E-state index contributed by atoms with van der Waals surface area (Å²) < 4.78 is 36.9. The Bertz CT molecular complexity index is 980. The minimum Gasteiger partial charge on any atom is -0.461 e. The molecule has 0 radical (unpaired) electrons. The molecule has 0 saturated heterocycles. The molecule has 0 aliphatic heterocycles. The lowest BCUT2D eigenvalue weighted by molar-refractivity contribution is 0.0467. The molecule has 8 nitrogen and oxygen atoms in total. The van der Waals surface area contributed by atoms with E-state index in [9.17, 15) is 18.0 Å². The van der Waals surface area contributed by atoms with Crippen LogP contribution in [0.25, 0.3) is 0 Å². The molecule has 0 fully saturated rings. The molecule has 0 atom stereocenters. The second-order valence-corrected chi connectivity index (χ2v) is 8.80. The molecule has 0 aliphatic rings. The number of esters is 2. The van der Waals surface area contributed by atoms with Crippen molar-refractivity contribution >= 4 is 33.3 Å². The lowest BCUT2D eigenvalue weighted by atomic mass is 10.1. The first-order valence-corrected chi connectivity index (χ1v) is 11.5. The number of sulfonamides is 1. The summed E-state index contributed by atoms with van der Waals surface area (Å²) in [6.45, 7) is 7.68. The first kappa shape index (κ1) is 23.0. The Labute approximate surface area is 174 Å². The van der Waals surface area contributed by atoms with Crippen molar-refractivity contribution in [3.63, 3.8) is 0 Å². The molecule has 158 valence electrons. The minimum atomic E-state index is -3.69. The molecule has 0 amide bonds. The van der Waals surface area contributed by atoms with E-state index in [2.05, 4.69) is 4.98 Å². The summed E-state index contributed by atoms with van der Waals surface area (Å²) in [4.78, 5) is 28.3. The average molecular weight is 441 g/mol. The number of ether oxygens (including phenoxy) is 2. The van der Waals surface area contributed by atoms with Gasteiger partial charge in [-0.3, -0.25) is 0 Å². The number of carbonyl (C=O) groups is 2. The van der Waals surface area contributed by atoms with Crippen molar-refractivity contribution in [3.8, 4) is 0 Å². The molecule has 1 aromatic heterocycles. The molecule has 0 saturated carbocycles. The molecule has 0 aliphatic carbocycles. The highest BCUT2D eigenvalue weighted by Crippen LogP contribution is 2.21. The summed E-state index contributed by atoms with van der Waals surface area (Å²) in [7, 11) is -3.69. The van der Waals surface area contributed by atoms with Gasteiger partial charge in [0.15, 0.2) is 0 Å². The third-order valence-electron chi connectivity index (χ3n) is 4.13. The van der Waals surface area contributed by atoms with Crippen LogP contribution in [0.3, 0.4) is 0 Å². The van der Waals surface area contributed by atoms with E-state index in [1.165, 1.54) is 16.4 Å². The third-order valence-corrected chi connectivity index (χ3v) is 7.04. The number of aryl methyl sites for hydroxylation is 1. The second kappa shape index (κ2) is 9.95. The summed E-state index contributed by atoms with van der Waals surface area (Å²) >= 11 is 1.10. The smallest absolute Gasteiger partial charge is 0.367 e. The summed E-state index contributed by atoms with van der Waals surface area (Å²) in [6.07, 6.45) is 0. The van der Waals surface area contributed by atoms with Crippen molar-refractivity contribution in [2.75, 3.05) is 19.7 Å². The van der Waals surface area contributed by atoms with Gasteiger partial charge >= 0.3 is 11.9 Å². The summed E-state index contributed by atoms with van der Waals surface area (Å²) in [5, 5.41) is 1.79. The van der Waals surface area contributed by atoms with Gasteiger partial charge in [-0.25, -0.2) is 23.0 Å². The van der Waals surface area contributed by atoms with Gasteiger partial charge in [0.05, 0.1) is 22.8 Å². The van der Waals surface area contributed by atoms with Crippen molar-refractivity contribution in [2.24, 2.45) is 0 Å². The lowest BCUT2D eigenvalue weighted by Crippen LogP contribution is -2.30. The topological polar surface area (TPSA) is 103 Å². The number of carbonyl (C=O) groups excluding carboxylic acids is 2. The van der Waals surface area contributed by atoms with Gasteiger partial charge in [0, 0.05) is 18.5 Å². The van der Waals surface area contributed by atoms with Crippen molar-refractivity contribution < 1.29 is 27.5 Å². The van der Waals surface area contributed by atoms with Gasteiger partial charge in [-0.2, -0.15) is 4.31 Å². The third kappa shape index (κ3) is 5.40. The van der Waals surface area contributed by atoms with E-state index in [1.807, 2.05) is 0 Å². The highest BCUT2D eigenvalue weighted by Gasteiger charge is 2.24. The van der Waals surface area contributed by atoms with Crippen LogP contribution in [0.5, 0.6) is 0 Å². The van der Waals surface area contributed by atoms with Crippen LogP contribution in [-0.4, -0.2) is 49.3 Å². The van der Waals surface area contributed by atoms with Crippen molar-refractivity contribution in [1.29, 1.82) is 0 Å². The maximum Gasteiger partial charge on any atom is 0.367 e. The van der Waals surface area contributed by atoms with Gasteiger partial charge in [0.1, 0.15) is 6.61 Å². The fourth-order valence-corrected chi connectivity index (χ4v) is 4.75.